The van der Waals surface area contributed by atoms with Crippen molar-refractivity contribution < 1.29 is 4.79 Å². The topological polar surface area (TPSA) is 29.1 Å². The molecule has 0 fully saturated rings. The van der Waals surface area contributed by atoms with Crippen molar-refractivity contribution >= 4 is 35.8 Å². The average Bonchev–Trinajstić information content (AvgIpc) is 2.09. The molecule has 0 saturated heterocycles. The van der Waals surface area contributed by atoms with Gasteiger partial charge in [0.25, 0.3) is 0 Å². The maximum Gasteiger partial charge on any atom is 0.225 e. The Morgan fingerprint density at radius 1 is 1.38 bits per heavy atom. The fourth-order valence-electron chi connectivity index (χ4n) is 0.858. The molecule has 0 aliphatic carbocycles. The maximum absolute atomic E-state index is 11.1. The van der Waals surface area contributed by atoms with E-state index in [1.807, 2.05) is 0 Å². The fraction of sp³-hybridized carbons (Fsp3) is 0.222. The number of carbonyl (C=O) groups is 1. The van der Waals surface area contributed by atoms with Gasteiger partial charge in [-0.05, 0) is 30.0 Å². The predicted molar refractivity (Wildman–Crippen MR) is 58.6 cm³/mol. The lowest BCUT2D eigenvalue weighted by atomic mass is 10.3. The second-order valence-corrected chi connectivity index (χ2v) is 3.41. The van der Waals surface area contributed by atoms with Crippen LogP contribution in [0.3, 0.4) is 0 Å². The first-order valence-corrected chi connectivity index (χ1v) is 4.89. The Bertz CT molecular complexity index is 286. The third-order valence-corrected chi connectivity index (χ3v) is 1.94. The van der Waals surface area contributed by atoms with Crippen molar-refractivity contribution in [1.82, 2.24) is 0 Å². The maximum atomic E-state index is 11.1. The van der Waals surface area contributed by atoms with E-state index < -0.39 is 0 Å². The Morgan fingerprint density at radius 3 is 2.54 bits per heavy atom. The van der Waals surface area contributed by atoms with Crippen molar-refractivity contribution in [1.29, 1.82) is 0 Å². The van der Waals surface area contributed by atoms with Gasteiger partial charge in [0.2, 0.25) is 5.91 Å². The molecule has 0 radical (unpaired) electrons. The molecule has 1 amide bonds. The molecule has 0 atom stereocenters. The summed E-state index contributed by atoms with van der Waals surface area (Å²) in [4.78, 5) is 11.1. The van der Waals surface area contributed by atoms with Crippen molar-refractivity contribution in [3.63, 3.8) is 0 Å². The number of thiol groups is 1. The number of benzene rings is 1. The van der Waals surface area contributed by atoms with E-state index >= 15 is 0 Å². The van der Waals surface area contributed by atoms with Crippen molar-refractivity contribution in [3.8, 4) is 0 Å². The molecule has 1 N–H and O–H groups in total. The zero-order valence-corrected chi connectivity index (χ0v) is 8.61. The lowest BCUT2D eigenvalue weighted by molar-refractivity contribution is -0.115. The number of hydrogen-bond donors (Lipinski definition) is 2. The highest BCUT2D eigenvalue weighted by atomic mass is 35.5. The summed E-state index contributed by atoms with van der Waals surface area (Å²) in [5.74, 6) is 0.525. The third kappa shape index (κ3) is 3.70. The fourth-order valence-corrected chi connectivity index (χ4v) is 1.19. The number of nitrogens with one attached hydrogen (secondary N) is 1. The van der Waals surface area contributed by atoms with E-state index in [0.29, 0.717) is 17.2 Å². The molecular weight excluding hydrogens is 206 g/mol. The summed E-state index contributed by atoms with van der Waals surface area (Å²) in [6.45, 7) is 0. The SMILES string of the molecule is O=C(CCS)Nc1ccc(Cl)cc1. The van der Waals surface area contributed by atoms with Gasteiger partial charge in [0.15, 0.2) is 0 Å². The highest BCUT2D eigenvalue weighted by Gasteiger charge is 1.99. The zero-order valence-electron chi connectivity index (χ0n) is 6.96. The van der Waals surface area contributed by atoms with E-state index in [1.54, 1.807) is 24.3 Å². The summed E-state index contributed by atoms with van der Waals surface area (Å²) in [6.07, 6.45) is 0.422. The highest BCUT2D eigenvalue weighted by molar-refractivity contribution is 7.80. The zero-order chi connectivity index (χ0) is 9.68. The number of halogens is 1. The van der Waals surface area contributed by atoms with Gasteiger partial charge in [-0.2, -0.15) is 12.6 Å². The average molecular weight is 216 g/mol. The van der Waals surface area contributed by atoms with Gasteiger partial charge >= 0.3 is 0 Å². The molecule has 1 rings (SSSR count). The monoisotopic (exact) mass is 215 g/mol. The minimum atomic E-state index is -0.0303. The van der Waals surface area contributed by atoms with Crippen molar-refractivity contribution in [2.75, 3.05) is 11.1 Å². The standard InChI is InChI=1S/C9H10ClNOS/c10-7-1-3-8(4-2-7)11-9(12)5-6-13/h1-4,13H,5-6H2,(H,11,12). The number of amides is 1. The smallest absolute Gasteiger partial charge is 0.225 e. The number of anilines is 1. The molecule has 0 heterocycles. The van der Waals surface area contributed by atoms with Crippen LogP contribution in [-0.2, 0) is 4.79 Å². The van der Waals surface area contributed by atoms with Gasteiger partial charge in [-0.25, -0.2) is 0 Å². The van der Waals surface area contributed by atoms with E-state index in [-0.39, 0.29) is 5.91 Å². The molecule has 0 aromatic heterocycles. The normalized spacial score (nSPS) is 9.69. The van der Waals surface area contributed by atoms with Crippen LogP contribution in [-0.4, -0.2) is 11.7 Å². The number of hydrogen-bond acceptors (Lipinski definition) is 2. The molecule has 70 valence electrons. The van der Waals surface area contributed by atoms with Crippen LogP contribution < -0.4 is 5.32 Å². The predicted octanol–water partition coefficient (Wildman–Crippen LogP) is 2.60. The van der Waals surface area contributed by atoms with E-state index in [0.717, 1.165) is 5.69 Å². The third-order valence-electron chi connectivity index (χ3n) is 1.47. The van der Waals surface area contributed by atoms with Crippen molar-refractivity contribution in [3.05, 3.63) is 29.3 Å². The second kappa shape index (κ2) is 5.14. The van der Waals surface area contributed by atoms with E-state index in [9.17, 15) is 4.79 Å². The van der Waals surface area contributed by atoms with Gasteiger partial charge in [-0.15, -0.1) is 0 Å². The first kappa shape index (κ1) is 10.4. The van der Waals surface area contributed by atoms with Crippen LogP contribution in [0, 0.1) is 0 Å². The first-order valence-electron chi connectivity index (χ1n) is 3.88. The lowest BCUT2D eigenvalue weighted by Gasteiger charge is -2.03. The largest absolute Gasteiger partial charge is 0.326 e. The molecule has 1 aromatic rings. The summed E-state index contributed by atoms with van der Waals surface area (Å²) in [5.41, 5.74) is 0.760. The van der Waals surface area contributed by atoms with Gasteiger partial charge in [-0.1, -0.05) is 11.6 Å². The molecule has 4 heteroatoms. The Balaban J connectivity index is 2.54. The van der Waals surface area contributed by atoms with Gasteiger partial charge in [-0.3, -0.25) is 4.79 Å². The van der Waals surface area contributed by atoms with Crippen molar-refractivity contribution in [2.24, 2.45) is 0 Å². The molecule has 0 bridgehead atoms. The van der Waals surface area contributed by atoms with Gasteiger partial charge in [0, 0.05) is 17.1 Å². The lowest BCUT2D eigenvalue weighted by Crippen LogP contribution is -2.11. The van der Waals surface area contributed by atoms with Crippen molar-refractivity contribution in [2.45, 2.75) is 6.42 Å². The Morgan fingerprint density at radius 2 is 2.00 bits per heavy atom. The van der Waals surface area contributed by atoms with Crippen LogP contribution in [0.5, 0.6) is 0 Å². The molecular formula is C9H10ClNOS. The van der Waals surface area contributed by atoms with Crippen LogP contribution in [0.4, 0.5) is 5.69 Å². The first-order chi connectivity index (χ1) is 6.22. The Kier molecular flexibility index (Phi) is 4.12. The highest BCUT2D eigenvalue weighted by Crippen LogP contribution is 2.13. The Hall–Kier alpha value is -0.670. The summed E-state index contributed by atoms with van der Waals surface area (Å²) >= 11 is 9.65. The molecule has 0 unspecified atom stereocenters. The van der Waals surface area contributed by atoms with Crippen LogP contribution in [0.1, 0.15) is 6.42 Å². The minimum absolute atomic E-state index is 0.0303. The minimum Gasteiger partial charge on any atom is -0.326 e. The van der Waals surface area contributed by atoms with Crippen LogP contribution in [0.15, 0.2) is 24.3 Å². The van der Waals surface area contributed by atoms with Crippen LogP contribution >= 0.6 is 24.2 Å². The van der Waals surface area contributed by atoms with E-state index in [1.165, 1.54) is 0 Å². The molecule has 2 nitrogen and oxygen atoms in total. The van der Waals surface area contributed by atoms with Crippen LogP contribution in [0.2, 0.25) is 5.02 Å². The molecule has 1 aromatic carbocycles. The summed E-state index contributed by atoms with van der Waals surface area (Å²) in [7, 11) is 0. The summed E-state index contributed by atoms with van der Waals surface area (Å²) in [6, 6.07) is 6.99. The summed E-state index contributed by atoms with van der Waals surface area (Å²) in [5, 5.41) is 3.38. The van der Waals surface area contributed by atoms with E-state index in [2.05, 4.69) is 17.9 Å². The quantitative estimate of drug-likeness (QED) is 0.746. The van der Waals surface area contributed by atoms with Gasteiger partial charge in [0.1, 0.15) is 0 Å². The van der Waals surface area contributed by atoms with E-state index in [4.69, 9.17) is 11.6 Å². The molecule has 0 aliphatic heterocycles. The molecule has 13 heavy (non-hydrogen) atoms. The Labute approximate surface area is 87.7 Å². The number of carbonyl (C=O) groups excluding carboxylic acids is 1. The van der Waals surface area contributed by atoms with Gasteiger partial charge in [0.05, 0.1) is 0 Å². The van der Waals surface area contributed by atoms with Crippen LogP contribution in [0.25, 0.3) is 0 Å². The molecule has 0 aliphatic rings. The molecule has 0 spiro atoms. The number of rotatable bonds is 3. The second-order valence-electron chi connectivity index (χ2n) is 2.53. The van der Waals surface area contributed by atoms with Gasteiger partial charge < -0.3 is 5.32 Å². The summed E-state index contributed by atoms with van der Waals surface area (Å²) < 4.78 is 0. The molecule has 0 saturated carbocycles.